The summed E-state index contributed by atoms with van der Waals surface area (Å²) in [6.07, 6.45) is 0.161. The Kier molecular flexibility index (Phi) is 10.8. The lowest BCUT2D eigenvalue weighted by atomic mass is 10.3. The monoisotopic (exact) mass is 327 g/mol. The molecule has 0 aromatic heterocycles. The van der Waals surface area contributed by atoms with Gasteiger partial charge in [-0.1, -0.05) is 12.1 Å². The van der Waals surface area contributed by atoms with Crippen molar-refractivity contribution in [2.75, 3.05) is 59.1 Å². The number of carbonyl (C=O) groups is 1. The third-order valence-electron chi connectivity index (χ3n) is 2.77. The van der Waals surface area contributed by atoms with E-state index in [4.69, 9.17) is 29.4 Å². The van der Waals surface area contributed by atoms with E-state index >= 15 is 0 Å². The number of methoxy groups -OCH3 is 1. The summed E-state index contributed by atoms with van der Waals surface area (Å²) in [5, 5.41) is 0. The molecule has 130 valence electrons. The van der Waals surface area contributed by atoms with Crippen molar-refractivity contribution in [3.8, 4) is 5.75 Å². The minimum Gasteiger partial charge on any atom is -0.424 e. The smallest absolute Gasteiger partial charge is 0.313 e. The first-order valence-corrected chi connectivity index (χ1v) is 7.51. The molecule has 1 aromatic carbocycles. The quantitative estimate of drug-likeness (QED) is 0.252. The number of ether oxygens (including phenoxy) is 5. The summed E-state index contributed by atoms with van der Waals surface area (Å²) in [4.78, 5) is 11.6. The number of esters is 1. The third kappa shape index (κ3) is 9.85. The Balaban J connectivity index is 1.93. The van der Waals surface area contributed by atoms with Crippen LogP contribution in [0.15, 0.2) is 24.3 Å². The van der Waals surface area contributed by atoms with Gasteiger partial charge in [-0.15, -0.1) is 0 Å². The van der Waals surface area contributed by atoms with Gasteiger partial charge in [0, 0.05) is 7.11 Å². The number of benzene rings is 1. The van der Waals surface area contributed by atoms with E-state index in [1.807, 2.05) is 0 Å². The van der Waals surface area contributed by atoms with Crippen LogP contribution >= 0.6 is 0 Å². The first-order valence-electron chi connectivity index (χ1n) is 7.51. The fourth-order valence-electron chi connectivity index (χ4n) is 1.59. The Morgan fingerprint density at radius 2 is 1.48 bits per heavy atom. The Morgan fingerprint density at radius 3 is 2.09 bits per heavy atom. The summed E-state index contributed by atoms with van der Waals surface area (Å²) in [7, 11) is 1.63. The van der Waals surface area contributed by atoms with E-state index in [9.17, 15) is 4.79 Å². The molecule has 0 aliphatic carbocycles. The first-order chi connectivity index (χ1) is 11.2. The van der Waals surface area contributed by atoms with Gasteiger partial charge < -0.3 is 29.4 Å². The van der Waals surface area contributed by atoms with Crippen LogP contribution in [0.5, 0.6) is 5.75 Å². The molecule has 0 atom stereocenters. The summed E-state index contributed by atoms with van der Waals surface area (Å²) < 4.78 is 25.8. The molecule has 0 unspecified atom stereocenters. The van der Waals surface area contributed by atoms with Crippen molar-refractivity contribution in [2.24, 2.45) is 0 Å². The van der Waals surface area contributed by atoms with Crippen LogP contribution in [0.3, 0.4) is 0 Å². The Morgan fingerprint density at radius 1 is 0.913 bits per heavy atom. The van der Waals surface area contributed by atoms with Crippen molar-refractivity contribution in [1.82, 2.24) is 0 Å². The highest BCUT2D eigenvalue weighted by Crippen LogP contribution is 2.20. The zero-order valence-electron chi connectivity index (χ0n) is 13.5. The summed E-state index contributed by atoms with van der Waals surface area (Å²) in [5.74, 6) is -0.00957. The van der Waals surface area contributed by atoms with E-state index in [2.05, 4.69) is 0 Å². The van der Waals surface area contributed by atoms with E-state index in [0.29, 0.717) is 51.1 Å². The molecule has 0 aliphatic rings. The molecule has 0 heterocycles. The predicted molar refractivity (Wildman–Crippen MR) is 85.4 cm³/mol. The summed E-state index contributed by atoms with van der Waals surface area (Å²) >= 11 is 0. The molecule has 1 aromatic rings. The first kappa shape index (κ1) is 19.4. The van der Waals surface area contributed by atoms with Crippen LogP contribution in [0.25, 0.3) is 0 Å². The topological polar surface area (TPSA) is 89.2 Å². The van der Waals surface area contributed by atoms with E-state index in [-0.39, 0.29) is 19.0 Å². The van der Waals surface area contributed by atoms with Gasteiger partial charge >= 0.3 is 5.97 Å². The van der Waals surface area contributed by atoms with E-state index in [1.165, 1.54) is 0 Å². The lowest BCUT2D eigenvalue weighted by Gasteiger charge is -2.08. The lowest BCUT2D eigenvalue weighted by molar-refractivity contribution is -0.135. The minimum absolute atomic E-state index is 0.161. The van der Waals surface area contributed by atoms with Crippen molar-refractivity contribution in [3.05, 3.63) is 24.3 Å². The second-order valence-corrected chi connectivity index (χ2v) is 4.59. The molecule has 7 nitrogen and oxygen atoms in total. The maximum absolute atomic E-state index is 11.6. The molecule has 0 saturated carbocycles. The van der Waals surface area contributed by atoms with Crippen molar-refractivity contribution in [1.29, 1.82) is 0 Å². The maximum Gasteiger partial charge on any atom is 0.313 e. The number of hydrogen-bond acceptors (Lipinski definition) is 7. The van der Waals surface area contributed by atoms with Crippen LogP contribution in [0.4, 0.5) is 5.69 Å². The lowest BCUT2D eigenvalue weighted by Crippen LogP contribution is -2.14. The number of nitrogen functional groups attached to an aromatic ring is 1. The summed E-state index contributed by atoms with van der Waals surface area (Å²) in [5.41, 5.74) is 6.12. The number of carbonyl (C=O) groups excluding carboxylic acids is 1. The highest BCUT2D eigenvalue weighted by Gasteiger charge is 2.06. The molecule has 0 spiro atoms. The molecule has 1 rings (SSSR count). The molecule has 23 heavy (non-hydrogen) atoms. The van der Waals surface area contributed by atoms with Crippen molar-refractivity contribution in [3.63, 3.8) is 0 Å². The fraction of sp³-hybridized carbons (Fsp3) is 0.562. The number of nitrogens with two attached hydrogens (primary N) is 1. The van der Waals surface area contributed by atoms with Crippen LogP contribution in [0.2, 0.25) is 0 Å². The second-order valence-electron chi connectivity index (χ2n) is 4.59. The molecule has 0 amide bonds. The highest BCUT2D eigenvalue weighted by molar-refractivity contribution is 5.74. The van der Waals surface area contributed by atoms with Crippen molar-refractivity contribution < 1.29 is 28.5 Å². The third-order valence-corrected chi connectivity index (χ3v) is 2.77. The van der Waals surface area contributed by atoms with Gasteiger partial charge in [-0.3, -0.25) is 4.79 Å². The van der Waals surface area contributed by atoms with E-state index < -0.39 is 0 Å². The Bertz CT molecular complexity index is 440. The number of hydrogen-bond donors (Lipinski definition) is 1. The summed E-state index contributed by atoms with van der Waals surface area (Å²) in [6.45, 7) is 3.31. The molecule has 0 bridgehead atoms. The minimum atomic E-state index is -0.379. The van der Waals surface area contributed by atoms with E-state index in [0.717, 1.165) is 0 Å². The number of para-hydroxylation sites is 2. The molecular weight excluding hydrogens is 302 g/mol. The largest absolute Gasteiger partial charge is 0.424 e. The SMILES string of the molecule is COCCOCCOCCOCCC(=O)Oc1ccccc1N. The van der Waals surface area contributed by atoms with Gasteiger partial charge in [-0.05, 0) is 12.1 Å². The Labute approximate surface area is 136 Å². The van der Waals surface area contributed by atoms with E-state index in [1.54, 1.807) is 31.4 Å². The Hall–Kier alpha value is -1.67. The van der Waals surface area contributed by atoms with Crippen LogP contribution in [-0.4, -0.2) is 59.3 Å². The number of rotatable bonds is 13. The van der Waals surface area contributed by atoms with Crippen LogP contribution in [0.1, 0.15) is 6.42 Å². The molecule has 0 radical (unpaired) electrons. The van der Waals surface area contributed by atoms with Gasteiger partial charge in [0.1, 0.15) is 0 Å². The zero-order chi connectivity index (χ0) is 16.8. The van der Waals surface area contributed by atoms with Crippen molar-refractivity contribution in [2.45, 2.75) is 6.42 Å². The molecule has 7 heteroatoms. The second kappa shape index (κ2) is 12.8. The zero-order valence-corrected chi connectivity index (χ0v) is 13.5. The van der Waals surface area contributed by atoms with Crippen molar-refractivity contribution >= 4 is 11.7 Å². The normalized spacial score (nSPS) is 10.7. The maximum atomic E-state index is 11.6. The highest BCUT2D eigenvalue weighted by atomic mass is 16.6. The van der Waals surface area contributed by atoms with Gasteiger partial charge in [0.25, 0.3) is 0 Å². The molecule has 2 N–H and O–H groups in total. The van der Waals surface area contributed by atoms with Crippen LogP contribution < -0.4 is 10.5 Å². The fourth-order valence-corrected chi connectivity index (χ4v) is 1.59. The number of anilines is 1. The molecular formula is C16H25NO6. The van der Waals surface area contributed by atoms with Crippen LogP contribution in [-0.2, 0) is 23.7 Å². The average molecular weight is 327 g/mol. The summed E-state index contributed by atoms with van der Waals surface area (Å²) in [6, 6.07) is 6.86. The van der Waals surface area contributed by atoms with Gasteiger partial charge in [0.2, 0.25) is 0 Å². The average Bonchev–Trinajstić information content (AvgIpc) is 2.55. The predicted octanol–water partition coefficient (Wildman–Crippen LogP) is 1.26. The standard InChI is InChI=1S/C16H25NO6/c1-19-8-9-21-12-13-22-11-10-20-7-6-16(18)23-15-5-3-2-4-14(15)17/h2-5H,6-13,17H2,1H3. The molecule has 0 saturated heterocycles. The molecule has 0 fully saturated rings. The van der Waals surface area contributed by atoms with Gasteiger partial charge in [0.15, 0.2) is 5.75 Å². The van der Waals surface area contributed by atoms with Gasteiger partial charge in [-0.25, -0.2) is 0 Å². The van der Waals surface area contributed by atoms with Gasteiger partial charge in [0.05, 0.1) is 58.4 Å². The van der Waals surface area contributed by atoms with Crippen LogP contribution in [0, 0.1) is 0 Å². The molecule has 0 aliphatic heterocycles. The van der Waals surface area contributed by atoms with Gasteiger partial charge in [-0.2, -0.15) is 0 Å².